The third-order valence-electron chi connectivity index (χ3n) is 4.03. The second-order valence-corrected chi connectivity index (χ2v) is 6.90. The van der Waals surface area contributed by atoms with Gasteiger partial charge < -0.3 is 0 Å². The van der Waals surface area contributed by atoms with Crippen LogP contribution >= 0.6 is 11.3 Å². The van der Waals surface area contributed by atoms with E-state index in [-0.39, 0.29) is 5.82 Å². The lowest BCUT2D eigenvalue weighted by Gasteiger charge is -2.03. The van der Waals surface area contributed by atoms with Crippen molar-refractivity contribution in [1.82, 2.24) is 24.6 Å². The lowest BCUT2D eigenvalue weighted by atomic mass is 10.0. The molecular formula is C18H16N6OS. The molecule has 26 heavy (non-hydrogen) atoms. The van der Waals surface area contributed by atoms with Crippen LogP contribution in [0.1, 0.15) is 27.4 Å². The Morgan fingerprint density at radius 3 is 2.81 bits per heavy atom. The molecule has 0 aliphatic heterocycles. The average molecular weight is 364 g/mol. The first kappa shape index (κ1) is 16.3. The van der Waals surface area contributed by atoms with Crippen LogP contribution < -0.4 is 5.32 Å². The van der Waals surface area contributed by atoms with Crippen molar-refractivity contribution in [3.05, 3.63) is 58.5 Å². The molecule has 0 spiro atoms. The Hall–Kier alpha value is -3.13. The van der Waals surface area contributed by atoms with E-state index in [4.69, 9.17) is 0 Å². The van der Waals surface area contributed by atoms with Crippen molar-refractivity contribution in [2.75, 3.05) is 5.32 Å². The molecule has 1 N–H and O–H groups in total. The molecule has 4 aromatic rings. The summed E-state index contributed by atoms with van der Waals surface area (Å²) in [5.74, 6) is 0.0532. The number of fused-ring (bicyclic) bond motifs is 1. The highest BCUT2D eigenvalue weighted by atomic mass is 32.1. The highest BCUT2D eigenvalue weighted by Crippen LogP contribution is 2.28. The van der Waals surface area contributed by atoms with Crippen molar-refractivity contribution in [2.45, 2.75) is 20.8 Å². The lowest BCUT2D eigenvalue weighted by Crippen LogP contribution is -2.13. The molecule has 1 aromatic carbocycles. The van der Waals surface area contributed by atoms with Gasteiger partial charge in [0.1, 0.15) is 0 Å². The predicted octanol–water partition coefficient (Wildman–Crippen LogP) is 3.43. The van der Waals surface area contributed by atoms with Gasteiger partial charge in [-0.05, 0) is 38.5 Å². The summed E-state index contributed by atoms with van der Waals surface area (Å²) < 4.78 is 1.54. The largest absolute Gasteiger partial charge is 0.297 e. The average Bonchev–Trinajstić information content (AvgIpc) is 3.25. The number of rotatable bonds is 3. The van der Waals surface area contributed by atoms with Gasteiger partial charge in [0.25, 0.3) is 11.7 Å². The number of hydrogen-bond acceptors (Lipinski definition) is 6. The van der Waals surface area contributed by atoms with Crippen LogP contribution in [-0.4, -0.2) is 30.5 Å². The Balaban J connectivity index is 1.59. The number of nitrogens with zero attached hydrogens (tertiary/aromatic N) is 5. The first-order chi connectivity index (χ1) is 12.5. The van der Waals surface area contributed by atoms with Gasteiger partial charge in [0, 0.05) is 22.8 Å². The van der Waals surface area contributed by atoms with Gasteiger partial charge in [0.15, 0.2) is 5.13 Å². The number of nitrogens with one attached hydrogen (secondary N) is 1. The van der Waals surface area contributed by atoms with Crippen molar-refractivity contribution >= 4 is 28.2 Å². The van der Waals surface area contributed by atoms with Gasteiger partial charge in [-0.15, -0.1) is 16.4 Å². The first-order valence-corrected chi connectivity index (χ1v) is 8.92. The highest BCUT2D eigenvalue weighted by Gasteiger charge is 2.16. The van der Waals surface area contributed by atoms with Crippen LogP contribution in [0.25, 0.3) is 17.0 Å². The fourth-order valence-electron chi connectivity index (χ4n) is 2.62. The Kier molecular flexibility index (Phi) is 3.96. The van der Waals surface area contributed by atoms with Gasteiger partial charge in [0.2, 0.25) is 5.82 Å². The van der Waals surface area contributed by atoms with Gasteiger partial charge >= 0.3 is 0 Å². The van der Waals surface area contributed by atoms with Crippen molar-refractivity contribution in [3.63, 3.8) is 0 Å². The number of benzene rings is 1. The number of anilines is 1. The summed E-state index contributed by atoms with van der Waals surface area (Å²) in [7, 11) is 0. The van der Waals surface area contributed by atoms with Crippen LogP contribution in [0, 0.1) is 20.8 Å². The van der Waals surface area contributed by atoms with Crippen molar-refractivity contribution in [3.8, 4) is 11.3 Å². The van der Waals surface area contributed by atoms with Crippen molar-refractivity contribution < 1.29 is 4.79 Å². The smallest absolute Gasteiger partial charge is 0.295 e. The van der Waals surface area contributed by atoms with E-state index in [1.165, 1.54) is 21.4 Å². The van der Waals surface area contributed by atoms with E-state index in [1.54, 1.807) is 12.3 Å². The molecule has 7 nitrogen and oxygen atoms in total. The molecule has 0 radical (unpaired) electrons. The number of aromatic nitrogens is 5. The molecule has 0 bridgehead atoms. The maximum atomic E-state index is 12.5. The Labute approximate surface area is 153 Å². The van der Waals surface area contributed by atoms with Gasteiger partial charge in [-0.2, -0.15) is 4.98 Å². The molecule has 0 fully saturated rings. The van der Waals surface area contributed by atoms with Gasteiger partial charge in [0.05, 0.1) is 5.69 Å². The number of carbonyl (C=O) groups excluding carboxylic acids is 1. The maximum absolute atomic E-state index is 12.5. The summed E-state index contributed by atoms with van der Waals surface area (Å²) in [6.07, 6.45) is 1.64. The monoisotopic (exact) mass is 364 g/mol. The Bertz CT molecular complexity index is 1130. The highest BCUT2D eigenvalue weighted by molar-refractivity contribution is 7.14. The molecule has 130 valence electrons. The third kappa shape index (κ3) is 2.95. The van der Waals surface area contributed by atoms with Crippen LogP contribution in [0.15, 0.2) is 35.8 Å². The molecule has 0 saturated heterocycles. The van der Waals surface area contributed by atoms with E-state index in [9.17, 15) is 4.79 Å². The zero-order valence-corrected chi connectivity index (χ0v) is 15.3. The normalized spacial score (nSPS) is 11.0. The third-order valence-corrected chi connectivity index (χ3v) is 4.78. The van der Waals surface area contributed by atoms with Gasteiger partial charge in [-0.3, -0.25) is 10.1 Å². The van der Waals surface area contributed by atoms with Crippen molar-refractivity contribution in [1.29, 1.82) is 0 Å². The van der Waals surface area contributed by atoms with Crippen LogP contribution in [-0.2, 0) is 0 Å². The van der Waals surface area contributed by atoms with E-state index in [1.807, 2.05) is 26.2 Å². The van der Waals surface area contributed by atoms with E-state index in [0.29, 0.717) is 10.9 Å². The van der Waals surface area contributed by atoms with Gasteiger partial charge in [-0.1, -0.05) is 17.7 Å². The predicted molar refractivity (Wildman–Crippen MR) is 100 cm³/mol. The zero-order chi connectivity index (χ0) is 18.3. The van der Waals surface area contributed by atoms with E-state index in [0.717, 1.165) is 22.5 Å². The molecule has 8 heteroatoms. The zero-order valence-electron chi connectivity index (χ0n) is 14.5. The summed E-state index contributed by atoms with van der Waals surface area (Å²) >= 11 is 1.37. The molecule has 0 saturated carbocycles. The molecular weight excluding hydrogens is 348 g/mol. The minimum Gasteiger partial charge on any atom is -0.295 e. The SMILES string of the molecule is Cc1ccc(C)c(-c2csc(NC(=O)c3nc4nccc(C)n4n3)n2)c1. The second-order valence-electron chi connectivity index (χ2n) is 6.04. The molecule has 4 rings (SSSR count). The van der Waals surface area contributed by atoms with E-state index >= 15 is 0 Å². The number of thiazole rings is 1. The summed E-state index contributed by atoms with van der Waals surface area (Å²) in [4.78, 5) is 25.3. The van der Waals surface area contributed by atoms with E-state index in [2.05, 4.69) is 43.6 Å². The second kappa shape index (κ2) is 6.30. The lowest BCUT2D eigenvalue weighted by molar-refractivity contribution is 0.101. The molecule has 0 unspecified atom stereocenters. The number of aryl methyl sites for hydroxylation is 3. The number of carbonyl (C=O) groups is 1. The van der Waals surface area contributed by atoms with Crippen LogP contribution in [0.4, 0.5) is 5.13 Å². The molecule has 3 aromatic heterocycles. The standard InChI is InChI=1S/C18H16N6OS/c1-10-4-5-11(2)13(8-10)14-9-26-18(20-14)22-16(25)15-21-17-19-7-6-12(3)24(17)23-15/h4-9H,1-3H3,(H,20,22,25). The fourth-order valence-corrected chi connectivity index (χ4v) is 3.33. The van der Waals surface area contributed by atoms with Crippen molar-refractivity contribution in [2.24, 2.45) is 0 Å². The van der Waals surface area contributed by atoms with Crippen LogP contribution in [0.5, 0.6) is 0 Å². The Morgan fingerprint density at radius 2 is 2.00 bits per heavy atom. The Morgan fingerprint density at radius 1 is 1.15 bits per heavy atom. The molecule has 1 amide bonds. The minimum atomic E-state index is -0.406. The molecule has 0 aliphatic carbocycles. The first-order valence-electron chi connectivity index (χ1n) is 8.04. The van der Waals surface area contributed by atoms with Gasteiger partial charge in [-0.25, -0.2) is 14.5 Å². The topological polar surface area (TPSA) is 85.1 Å². The quantitative estimate of drug-likeness (QED) is 0.602. The van der Waals surface area contributed by atoms with Crippen LogP contribution in [0.3, 0.4) is 0 Å². The van der Waals surface area contributed by atoms with E-state index < -0.39 is 5.91 Å². The number of hydrogen-bond donors (Lipinski definition) is 1. The minimum absolute atomic E-state index is 0.0651. The summed E-state index contributed by atoms with van der Waals surface area (Å²) in [5.41, 5.74) is 5.07. The summed E-state index contributed by atoms with van der Waals surface area (Å²) in [5, 5.41) is 9.41. The number of amides is 1. The molecule has 0 atom stereocenters. The molecule has 3 heterocycles. The van der Waals surface area contributed by atoms with Crippen LogP contribution in [0.2, 0.25) is 0 Å². The fraction of sp³-hybridized carbons (Fsp3) is 0.167. The summed E-state index contributed by atoms with van der Waals surface area (Å²) in [6.45, 7) is 5.97. The maximum Gasteiger partial charge on any atom is 0.297 e. The summed E-state index contributed by atoms with van der Waals surface area (Å²) in [6, 6.07) is 8.03. The molecule has 0 aliphatic rings.